The summed E-state index contributed by atoms with van der Waals surface area (Å²) in [5.41, 5.74) is 7.51. The number of ether oxygens (including phenoxy) is 4. The van der Waals surface area contributed by atoms with Crippen LogP contribution in [0.2, 0.25) is 0 Å². The number of alkyl carbamates (subject to hydrolysis) is 3. The second-order valence-corrected chi connectivity index (χ2v) is 31.6. The van der Waals surface area contributed by atoms with Crippen LogP contribution in [0.3, 0.4) is 0 Å². The maximum Gasteiger partial charge on any atom is 0.407 e. The van der Waals surface area contributed by atoms with E-state index >= 15 is 0 Å². The molecule has 6 aromatic rings. The van der Waals surface area contributed by atoms with Gasteiger partial charge in [0.2, 0.25) is 11.8 Å². The van der Waals surface area contributed by atoms with Crippen LogP contribution in [-0.4, -0.2) is 119 Å². The molecule has 109 heavy (non-hydrogen) atoms. The number of nitrogens with zero attached hydrogens (tertiary/aromatic N) is 4. The van der Waals surface area contributed by atoms with Gasteiger partial charge < -0.3 is 45.1 Å². The van der Waals surface area contributed by atoms with Gasteiger partial charge in [-0.2, -0.15) is 0 Å². The Morgan fingerprint density at radius 1 is 0.486 bits per heavy atom. The number of allylic oxidation sites excluding steroid dienone is 3. The first-order valence-electron chi connectivity index (χ1n) is 39.5. The van der Waals surface area contributed by atoms with Gasteiger partial charge in [0.1, 0.15) is 23.6 Å². The lowest BCUT2D eigenvalue weighted by Crippen LogP contribution is -2.50. The van der Waals surface area contributed by atoms with Crippen molar-refractivity contribution in [1.82, 2.24) is 41.1 Å². The summed E-state index contributed by atoms with van der Waals surface area (Å²) in [5.74, 6) is 3.27. The topological polar surface area (TPSA) is 229 Å². The second-order valence-electron chi connectivity index (χ2n) is 31.6. The summed E-state index contributed by atoms with van der Waals surface area (Å²) in [6.07, 6.45) is 28.3. The lowest BCUT2D eigenvalue weighted by molar-refractivity contribution is -0.145. The first kappa shape index (κ1) is 77.5. The average Bonchev–Trinajstić information content (AvgIpc) is 1.64. The maximum absolute atomic E-state index is 13.6. The van der Waals surface area contributed by atoms with E-state index in [4.69, 9.17) is 18.9 Å². The zero-order chi connectivity index (χ0) is 76.6. The molecule has 0 unspecified atom stereocenters. The molecule has 9 fully saturated rings. The molecule has 0 radical (unpaired) electrons. The number of carbonyl (C=O) groups excluding carboxylic acids is 6. The van der Waals surface area contributed by atoms with Crippen LogP contribution in [0.1, 0.15) is 136 Å². The molecular formula is C88H103F3N8O10. The van der Waals surface area contributed by atoms with Crippen molar-refractivity contribution < 1.29 is 60.9 Å². The Labute approximate surface area is 637 Å². The Hall–Kier alpha value is -9.66. The molecule has 6 saturated carbocycles. The molecule has 576 valence electrons. The zero-order valence-electron chi connectivity index (χ0n) is 63.3. The number of carbonyl (C=O) groups is 6. The maximum atomic E-state index is 13.6. The smallest absolute Gasteiger partial charge is 0.407 e. The Kier molecular flexibility index (Phi) is 24.8. The van der Waals surface area contributed by atoms with E-state index in [1.54, 1.807) is 43.7 Å². The molecule has 21 heteroatoms. The fourth-order valence-corrected chi connectivity index (χ4v) is 20.4. The molecule has 3 aromatic carbocycles. The number of halogens is 3. The monoisotopic (exact) mass is 1490 g/mol. The van der Waals surface area contributed by atoms with Gasteiger partial charge in [-0.1, -0.05) is 93.6 Å². The van der Waals surface area contributed by atoms with E-state index in [2.05, 4.69) is 73.5 Å². The van der Waals surface area contributed by atoms with Gasteiger partial charge in [-0.15, -0.1) is 0 Å². The molecule has 5 amide bonds. The molecule has 3 aromatic heterocycles. The standard InChI is InChI=1S/C30H36FN3O3.C29H34FN3O3.C29H33FN2O4/c1-4-37-30(36)33-24-11-12-25-21(15-24)16-27-28(18(2)29(35)34(27)3)26(25)13-10-23-9-8-20(17-32-23)19-6-5-7-22(31)14-19;1-3-36-29(35)32-23-10-11-24-20(14-23)15-26-27(17(2)28(34)33-26)25(24)12-9-22-8-7-19(16-31-22)18-5-4-6-21(30)13-18;1-3-35-29(34)32-23-10-11-24-20(14-23)15-26-27(17(2)28(33)36-26)25(24)12-9-22-8-7-19(16-31-22)18-5-4-6-21(30)13-18/h5-10,13-14,17-18,21,24-28H,4,11-12,15-16H2,1-3H3,(H,33,36);4-9,12-13,16-17,20,23-27H,3,10-11,14-15H2,1-2H3,(H,32,35)(H,33,34);4-9,12-13,16-17,20,23-27H,3,10-11,14-15H2,1-2H3,(H,32,34)/b13-10+;2*12-9+/t18-,21+,24-,25-,26+,27-,28+;2*17-,20+,23-,24-,25+,26-,27+/m111/s1. The van der Waals surface area contributed by atoms with Gasteiger partial charge in [0.05, 0.1) is 42.8 Å². The summed E-state index contributed by atoms with van der Waals surface area (Å²) in [5, 5.41) is 12.3. The lowest BCUT2D eigenvalue weighted by Gasteiger charge is -2.49. The highest BCUT2D eigenvalue weighted by Crippen LogP contribution is 2.56. The fraction of sp³-hybridized carbons (Fsp3) is 0.489. The number of aromatic nitrogens is 3. The highest BCUT2D eigenvalue weighted by atomic mass is 19.1. The minimum absolute atomic E-state index is 0.00991. The predicted octanol–water partition coefficient (Wildman–Crippen LogP) is 16.4. The van der Waals surface area contributed by atoms with Crippen molar-refractivity contribution in [2.75, 3.05) is 26.9 Å². The molecule has 9 aliphatic rings. The van der Waals surface area contributed by atoms with Crippen LogP contribution in [0.4, 0.5) is 27.6 Å². The molecular weight excluding hydrogens is 1390 g/mol. The Bertz CT molecular complexity index is 4110. The van der Waals surface area contributed by atoms with Gasteiger partial charge in [-0.25, -0.2) is 27.6 Å². The fourth-order valence-electron chi connectivity index (χ4n) is 20.4. The number of fused-ring (bicyclic) bond motifs is 6. The highest BCUT2D eigenvalue weighted by Gasteiger charge is 2.57. The van der Waals surface area contributed by atoms with E-state index in [1.165, 1.54) is 36.4 Å². The number of esters is 1. The van der Waals surface area contributed by atoms with Crippen molar-refractivity contribution in [3.05, 3.63) is 181 Å². The van der Waals surface area contributed by atoms with Crippen LogP contribution in [0, 0.1) is 106 Å². The van der Waals surface area contributed by atoms with Gasteiger partial charge in [-0.3, -0.25) is 29.3 Å². The average molecular weight is 1490 g/mol. The molecule has 3 aliphatic heterocycles. The third kappa shape index (κ3) is 18.0. The molecule has 4 N–H and O–H groups in total. The third-order valence-electron chi connectivity index (χ3n) is 25.4. The molecule has 15 rings (SSSR count). The summed E-state index contributed by atoms with van der Waals surface area (Å²) < 4.78 is 61.9. The van der Waals surface area contributed by atoms with Gasteiger partial charge >= 0.3 is 24.2 Å². The first-order valence-corrected chi connectivity index (χ1v) is 39.5. The van der Waals surface area contributed by atoms with Crippen molar-refractivity contribution >= 4 is 54.3 Å². The second kappa shape index (κ2) is 34.9. The van der Waals surface area contributed by atoms with Crippen molar-refractivity contribution in [3.8, 4) is 33.4 Å². The number of amides is 5. The number of nitrogens with one attached hydrogen (secondary N) is 4. The number of rotatable bonds is 15. The van der Waals surface area contributed by atoms with E-state index in [-0.39, 0.29) is 143 Å². The van der Waals surface area contributed by atoms with Crippen LogP contribution in [0.5, 0.6) is 0 Å². The van der Waals surface area contributed by atoms with Crippen LogP contribution < -0.4 is 21.3 Å². The summed E-state index contributed by atoms with van der Waals surface area (Å²) in [4.78, 5) is 89.8. The SMILES string of the molecule is CCOC(=O)N[C@@H]1CC[C@@H]2[C@@H](C1)C[C@@H]1[C@H]([C@H]2/C=C/c2ccc(-c3cccc(F)c3)cn2)[C@@H](C)C(=O)N1C.CCOC(=O)N[C@@H]1CC[C@@H]2[C@@H](C1)C[C@H]1NC(=O)[C@H](C)[C@H]1[C@H]2/C=C/c1ccc(-c2cccc(F)c2)cn1.CCOC(=O)N[C@@H]1CC[C@@H]2[C@@H](C1)C[C@H]1OC(=O)[C@H](C)[C@H]1[C@H]2/C=C/c1ccc(-c2cccc(F)c2)cn1. The highest BCUT2D eigenvalue weighted by molar-refractivity contribution is 5.82. The van der Waals surface area contributed by atoms with Crippen LogP contribution >= 0.6 is 0 Å². The van der Waals surface area contributed by atoms with Gasteiger partial charge in [0.25, 0.3) is 0 Å². The van der Waals surface area contributed by atoms with E-state index < -0.39 is 0 Å². The van der Waals surface area contributed by atoms with E-state index in [0.29, 0.717) is 55.3 Å². The zero-order valence-corrected chi connectivity index (χ0v) is 63.3. The van der Waals surface area contributed by atoms with Gasteiger partial charge in [0.15, 0.2) is 0 Å². The molecule has 3 saturated heterocycles. The first-order chi connectivity index (χ1) is 52.7. The number of pyridine rings is 3. The minimum Gasteiger partial charge on any atom is -0.462 e. The van der Waals surface area contributed by atoms with Crippen molar-refractivity contribution in [2.24, 2.45) is 88.8 Å². The van der Waals surface area contributed by atoms with Crippen LogP contribution in [-0.2, 0) is 33.3 Å². The normalized spacial score (nSPS) is 31.3. The summed E-state index contributed by atoms with van der Waals surface area (Å²) in [7, 11) is 1.94. The molecule has 6 heterocycles. The molecule has 0 spiro atoms. The predicted molar refractivity (Wildman–Crippen MR) is 411 cm³/mol. The van der Waals surface area contributed by atoms with Crippen molar-refractivity contribution in [2.45, 2.75) is 155 Å². The number of likely N-dealkylation sites (tertiary alicyclic amines) is 1. The van der Waals surface area contributed by atoms with Crippen LogP contribution in [0.15, 0.2) is 146 Å². The molecule has 21 atom stereocenters. The Balaban J connectivity index is 0.000000144. The lowest BCUT2D eigenvalue weighted by atomic mass is 9.57. The Morgan fingerprint density at radius 3 is 1.28 bits per heavy atom. The molecule has 6 aliphatic carbocycles. The number of hydrogen-bond acceptors (Lipinski definition) is 13. The summed E-state index contributed by atoms with van der Waals surface area (Å²) in [6, 6.07) is 31.9. The van der Waals surface area contributed by atoms with Crippen molar-refractivity contribution in [1.29, 1.82) is 0 Å². The third-order valence-corrected chi connectivity index (χ3v) is 25.4. The van der Waals surface area contributed by atoms with Gasteiger partial charge in [0, 0.05) is 90.3 Å². The Morgan fingerprint density at radius 2 is 0.881 bits per heavy atom. The summed E-state index contributed by atoms with van der Waals surface area (Å²) >= 11 is 0. The van der Waals surface area contributed by atoms with Gasteiger partial charge in [-0.05, 0) is 252 Å². The van der Waals surface area contributed by atoms with Crippen molar-refractivity contribution in [3.63, 3.8) is 0 Å². The minimum atomic E-state index is -0.361. The van der Waals surface area contributed by atoms with E-state index in [9.17, 15) is 41.9 Å². The molecule has 18 nitrogen and oxygen atoms in total. The van der Waals surface area contributed by atoms with Crippen LogP contribution in [0.25, 0.3) is 51.6 Å². The quantitative estimate of drug-likeness (QED) is 0.0555. The number of hydrogen-bond donors (Lipinski definition) is 4. The van der Waals surface area contributed by atoms with E-state index in [0.717, 1.165) is 128 Å². The number of benzene rings is 3. The molecule has 0 bridgehead atoms. The largest absolute Gasteiger partial charge is 0.462 e. The van der Waals surface area contributed by atoms with E-state index in [1.807, 2.05) is 100 Å². The summed E-state index contributed by atoms with van der Waals surface area (Å²) in [6.45, 7) is 12.6.